The van der Waals surface area contributed by atoms with Gasteiger partial charge in [-0.1, -0.05) is 25.5 Å². The minimum Gasteiger partial charge on any atom is -0.349 e. The number of nitrogens with zero attached hydrogens (tertiary/aromatic N) is 1. The molecule has 0 bridgehead atoms. The second-order valence-electron chi connectivity index (χ2n) is 5.42. The number of anilines is 1. The summed E-state index contributed by atoms with van der Waals surface area (Å²) in [5.74, 6) is 0.256. The number of nitrogens with two attached hydrogens (primary N) is 1. The average molecular weight is 291 g/mol. The first-order valence-electron chi connectivity index (χ1n) is 7.25. The van der Waals surface area contributed by atoms with Crippen molar-refractivity contribution in [2.24, 2.45) is 11.7 Å². The van der Waals surface area contributed by atoms with Crippen molar-refractivity contribution in [3.8, 4) is 0 Å². The van der Waals surface area contributed by atoms with Crippen LogP contribution in [0.15, 0.2) is 24.3 Å². The van der Waals surface area contributed by atoms with Crippen LogP contribution in [0.25, 0.3) is 0 Å². The van der Waals surface area contributed by atoms with Crippen molar-refractivity contribution in [3.63, 3.8) is 0 Å². The molecule has 0 saturated heterocycles. The summed E-state index contributed by atoms with van der Waals surface area (Å²) in [6, 6.07) is 7.35. The second kappa shape index (κ2) is 8.42. The van der Waals surface area contributed by atoms with E-state index in [1.807, 2.05) is 31.2 Å². The van der Waals surface area contributed by atoms with Gasteiger partial charge in [0, 0.05) is 26.2 Å². The maximum atomic E-state index is 11.9. The summed E-state index contributed by atoms with van der Waals surface area (Å²) in [5, 5.41) is 2.85. The van der Waals surface area contributed by atoms with E-state index in [0.29, 0.717) is 19.4 Å². The minimum absolute atomic E-state index is 0.0237. The van der Waals surface area contributed by atoms with Crippen LogP contribution in [0.1, 0.15) is 25.3 Å². The molecule has 3 N–H and O–H groups in total. The van der Waals surface area contributed by atoms with Crippen LogP contribution < -0.4 is 11.1 Å². The van der Waals surface area contributed by atoms with Crippen LogP contribution in [0.3, 0.4) is 0 Å². The van der Waals surface area contributed by atoms with E-state index in [-0.39, 0.29) is 17.7 Å². The highest BCUT2D eigenvalue weighted by Gasteiger charge is 2.11. The first-order valence-corrected chi connectivity index (χ1v) is 7.25. The molecule has 0 aromatic heterocycles. The van der Waals surface area contributed by atoms with Gasteiger partial charge in [-0.15, -0.1) is 0 Å². The van der Waals surface area contributed by atoms with Crippen molar-refractivity contribution in [2.45, 2.75) is 26.2 Å². The third-order valence-electron chi connectivity index (χ3n) is 3.48. The van der Waals surface area contributed by atoms with Crippen LogP contribution in [-0.2, 0) is 16.0 Å². The number of likely N-dealkylation sites (N-methyl/N-ethyl adjacent to an activating group) is 1. The summed E-state index contributed by atoms with van der Waals surface area (Å²) in [6.45, 7) is 2.55. The highest BCUT2D eigenvalue weighted by atomic mass is 16.2. The van der Waals surface area contributed by atoms with Gasteiger partial charge in [0.25, 0.3) is 0 Å². The third kappa shape index (κ3) is 5.95. The molecule has 0 aliphatic rings. The molecule has 0 aliphatic heterocycles. The van der Waals surface area contributed by atoms with Crippen molar-refractivity contribution < 1.29 is 9.59 Å². The lowest BCUT2D eigenvalue weighted by Crippen LogP contribution is -2.23. The number of amides is 2. The molecule has 0 fully saturated rings. The van der Waals surface area contributed by atoms with E-state index in [9.17, 15) is 9.59 Å². The SMILES string of the molecule is CCC(CN)CC(=O)Nc1ccc(CC(=O)N(C)C)cc1. The molecule has 1 aromatic carbocycles. The van der Waals surface area contributed by atoms with Gasteiger partial charge in [0.2, 0.25) is 11.8 Å². The van der Waals surface area contributed by atoms with Crippen LogP contribution in [0, 0.1) is 5.92 Å². The molecule has 1 aromatic rings. The maximum Gasteiger partial charge on any atom is 0.226 e. The third-order valence-corrected chi connectivity index (χ3v) is 3.48. The molecular formula is C16H25N3O2. The zero-order valence-electron chi connectivity index (χ0n) is 13.1. The zero-order valence-corrected chi connectivity index (χ0v) is 13.1. The zero-order chi connectivity index (χ0) is 15.8. The normalized spacial score (nSPS) is 11.8. The Kier molecular flexibility index (Phi) is 6.88. The summed E-state index contributed by atoms with van der Waals surface area (Å²) in [7, 11) is 3.47. The molecule has 5 nitrogen and oxygen atoms in total. The molecule has 1 unspecified atom stereocenters. The molecule has 21 heavy (non-hydrogen) atoms. The molecule has 1 atom stereocenters. The summed E-state index contributed by atoms with van der Waals surface area (Å²) >= 11 is 0. The van der Waals surface area contributed by atoms with Gasteiger partial charge in [0.05, 0.1) is 6.42 Å². The molecule has 0 spiro atoms. The number of hydrogen-bond donors (Lipinski definition) is 2. The van der Waals surface area contributed by atoms with Crippen molar-refractivity contribution in [1.29, 1.82) is 0 Å². The Morgan fingerprint density at radius 1 is 1.24 bits per heavy atom. The summed E-state index contributed by atoms with van der Waals surface area (Å²) < 4.78 is 0. The Morgan fingerprint density at radius 2 is 1.86 bits per heavy atom. The highest BCUT2D eigenvalue weighted by molar-refractivity contribution is 5.91. The molecular weight excluding hydrogens is 266 g/mol. The highest BCUT2D eigenvalue weighted by Crippen LogP contribution is 2.13. The largest absolute Gasteiger partial charge is 0.349 e. The van der Waals surface area contributed by atoms with E-state index in [0.717, 1.165) is 17.7 Å². The minimum atomic E-state index is -0.0237. The van der Waals surface area contributed by atoms with Crippen molar-refractivity contribution in [1.82, 2.24) is 4.90 Å². The molecule has 2 amide bonds. The quantitative estimate of drug-likeness (QED) is 0.801. The predicted octanol–water partition coefficient (Wildman–Crippen LogP) is 1.63. The van der Waals surface area contributed by atoms with E-state index in [4.69, 9.17) is 5.73 Å². The number of rotatable bonds is 7. The second-order valence-corrected chi connectivity index (χ2v) is 5.42. The smallest absolute Gasteiger partial charge is 0.226 e. The average Bonchev–Trinajstić information content (AvgIpc) is 2.46. The van der Waals surface area contributed by atoms with E-state index >= 15 is 0 Å². The summed E-state index contributed by atoms with van der Waals surface area (Å²) in [6.07, 6.45) is 1.70. The predicted molar refractivity (Wildman–Crippen MR) is 84.9 cm³/mol. The van der Waals surface area contributed by atoms with E-state index in [2.05, 4.69) is 5.32 Å². The van der Waals surface area contributed by atoms with E-state index in [1.54, 1.807) is 19.0 Å². The molecule has 0 aliphatic carbocycles. The van der Waals surface area contributed by atoms with Crippen LogP contribution in [0.5, 0.6) is 0 Å². The summed E-state index contributed by atoms with van der Waals surface area (Å²) in [5.41, 5.74) is 7.27. The van der Waals surface area contributed by atoms with Crippen LogP contribution >= 0.6 is 0 Å². The number of carbonyl (C=O) groups excluding carboxylic acids is 2. The molecule has 0 saturated carbocycles. The van der Waals surface area contributed by atoms with Gasteiger partial charge < -0.3 is 16.0 Å². The lowest BCUT2D eigenvalue weighted by atomic mass is 10.0. The number of nitrogens with one attached hydrogen (secondary N) is 1. The van der Waals surface area contributed by atoms with E-state index < -0.39 is 0 Å². The van der Waals surface area contributed by atoms with Gasteiger partial charge in [-0.2, -0.15) is 0 Å². The Hall–Kier alpha value is -1.88. The first kappa shape index (κ1) is 17.2. The lowest BCUT2D eigenvalue weighted by molar-refractivity contribution is -0.128. The molecule has 116 valence electrons. The molecule has 5 heteroatoms. The van der Waals surface area contributed by atoms with Gasteiger partial charge in [-0.3, -0.25) is 9.59 Å². The fourth-order valence-corrected chi connectivity index (χ4v) is 1.91. The summed E-state index contributed by atoms with van der Waals surface area (Å²) in [4.78, 5) is 25.0. The fourth-order valence-electron chi connectivity index (χ4n) is 1.91. The topological polar surface area (TPSA) is 75.4 Å². The van der Waals surface area contributed by atoms with Crippen molar-refractivity contribution in [2.75, 3.05) is 26.0 Å². The standard InChI is InChI=1S/C16H25N3O2/c1-4-12(11-17)9-15(20)18-14-7-5-13(6-8-14)10-16(21)19(2)3/h5-8,12H,4,9-11,17H2,1-3H3,(H,18,20). The Labute approximate surface area is 126 Å². The molecule has 0 heterocycles. The van der Waals surface area contributed by atoms with Gasteiger partial charge in [-0.05, 0) is 30.2 Å². The van der Waals surface area contributed by atoms with Gasteiger partial charge >= 0.3 is 0 Å². The van der Waals surface area contributed by atoms with Gasteiger partial charge in [0.1, 0.15) is 0 Å². The van der Waals surface area contributed by atoms with Crippen LogP contribution in [0.4, 0.5) is 5.69 Å². The lowest BCUT2D eigenvalue weighted by Gasteiger charge is -2.13. The number of carbonyl (C=O) groups is 2. The van der Waals surface area contributed by atoms with Gasteiger partial charge in [-0.25, -0.2) is 0 Å². The molecule has 0 radical (unpaired) electrons. The number of hydrogen-bond acceptors (Lipinski definition) is 3. The Bertz CT molecular complexity index is 465. The van der Waals surface area contributed by atoms with Gasteiger partial charge in [0.15, 0.2) is 0 Å². The Morgan fingerprint density at radius 3 is 2.33 bits per heavy atom. The maximum absolute atomic E-state index is 11.9. The van der Waals surface area contributed by atoms with Crippen LogP contribution in [0.2, 0.25) is 0 Å². The van der Waals surface area contributed by atoms with Crippen molar-refractivity contribution in [3.05, 3.63) is 29.8 Å². The molecule has 1 rings (SSSR count). The Balaban J connectivity index is 2.54. The van der Waals surface area contributed by atoms with E-state index in [1.165, 1.54) is 0 Å². The first-order chi connectivity index (χ1) is 9.96. The van der Waals surface area contributed by atoms with Crippen molar-refractivity contribution >= 4 is 17.5 Å². The fraction of sp³-hybridized carbons (Fsp3) is 0.500. The monoisotopic (exact) mass is 291 g/mol. The van der Waals surface area contributed by atoms with Crippen LogP contribution in [-0.4, -0.2) is 37.4 Å². The number of benzene rings is 1.